The number of nitrogens with one attached hydrogen (secondary N) is 1. The summed E-state index contributed by atoms with van der Waals surface area (Å²) in [6, 6.07) is 16.9. The standard InChI is InChI=1S/C18H20N2O3S2/c21-18(10-12-24-17-8-2-1-3-9-17)19-15-6-4-7-16(14-15)20-11-5-13-25(20,22)23/h1-4,6-9,14H,5,10-13H2,(H,19,21). The second-order valence-electron chi connectivity index (χ2n) is 5.75. The number of amides is 1. The van der Waals surface area contributed by atoms with Crippen LogP contribution in [0.2, 0.25) is 0 Å². The van der Waals surface area contributed by atoms with Crippen LogP contribution in [0.3, 0.4) is 0 Å². The third-order valence-corrected chi connectivity index (χ3v) is 6.74. The number of nitrogens with zero attached hydrogens (tertiary/aromatic N) is 1. The van der Waals surface area contributed by atoms with Gasteiger partial charge in [-0.1, -0.05) is 24.3 Å². The number of rotatable bonds is 6. The van der Waals surface area contributed by atoms with E-state index in [1.54, 1.807) is 36.0 Å². The fourth-order valence-electron chi connectivity index (χ4n) is 2.67. The predicted octanol–water partition coefficient (Wildman–Crippen LogP) is 3.35. The molecule has 0 radical (unpaired) electrons. The summed E-state index contributed by atoms with van der Waals surface area (Å²) in [5.74, 6) is 0.793. The molecule has 1 saturated heterocycles. The van der Waals surface area contributed by atoms with Crippen molar-refractivity contribution >= 4 is 39.1 Å². The van der Waals surface area contributed by atoms with Crippen molar-refractivity contribution in [1.29, 1.82) is 0 Å². The molecule has 0 saturated carbocycles. The lowest BCUT2D eigenvalue weighted by Gasteiger charge is -2.17. The molecule has 0 bridgehead atoms. The second-order valence-corrected chi connectivity index (χ2v) is 8.93. The van der Waals surface area contributed by atoms with Gasteiger partial charge in [0.1, 0.15) is 0 Å². The molecule has 25 heavy (non-hydrogen) atoms. The van der Waals surface area contributed by atoms with Crippen molar-refractivity contribution in [2.24, 2.45) is 0 Å². The molecule has 1 aliphatic heterocycles. The van der Waals surface area contributed by atoms with Gasteiger partial charge in [0, 0.05) is 29.3 Å². The van der Waals surface area contributed by atoms with Crippen LogP contribution in [0.15, 0.2) is 59.5 Å². The Balaban J connectivity index is 1.56. The van der Waals surface area contributed by atoms with Crippen LogP contribution in [-0.4, -0.2) is 32.4 Å². The molecule has 132 valence electrons. The number of thioether (sulfide) groups is 1. The van der Waals surface area contributed by atoms with E-state index in [4.69, 9.17) is 0 Å². The third-order valence-electron chi connectivity index (χ3n) is 3.86. The molecule has 0 aliphatic carbocycles. The summed E-state index contributed by atoms with van der Waals surface area (Å²) in [6.45, 7) is 0.494. The van der Waals surface area contributed by atoms with Gasteiger partial charge in [0.2, 0.25) is 15.9 Å². The average Bonchev–Trinajstić information content (AvgIpc) is 2.95. The number of hydrogen-bond acceptors (Lipinski definition) is 4. The second kappa shape index (κ2) is 7.93. The minimum atomic E-state index is -3.21. The van der Waals surface area contributed by atoms with Gasteiger partial charge in [0.15, 0.2) is 0 Å². The number of sulfonamides is 1. The Hall–Kier alpha value is -1.99. The summed E-state index contributed by atoms with van der Waals surface area (Å²) in [5.41, 5.74) is 1.23. The molecule has 0 spiro atoms. The summed E-state index contributed by atoms with van der Waals surface area (Å²) in [5, 5.41) is 2.85. The zero-order valence-corrected chi connectivity index (χ0v) is 15.4. The summed E-state index contributed by atoms with van der Waals surface area (Å²) in [6.07, 6.45) is 1.03. The zero-order chi connectivity index (χ0) is 17.7. The van der Waals surface area contributed by atoms with Gasteiger partial charge in [-0.3, -0.25) is 9.10 Å². The van der Waals surface area contributed by atoms with Crippen molar-refractivity contribution in [2.45, 2.75) is 17.7 Å². The fourth-order valence-corrected chi connectivity index (χ4v) is 5.10. The summed E-state index contributed by atoms with van der Waals surface area (Å²) in [7, 11) is -3.21. The first-order valence-corrected chi connectivity index (χ1v) is 10.7. The molecule has 1 amide bonds. The Labute approximate surface area is 152 Å². The first-order valence-electron chi connectivity index (χ1n) is 8.13. The Kier molecular flexibility index (Phi) is 5.65. The molecule has 1 N–H and O–H groups in total. The quantitative estimate of drug-likeness (QED) is 0.785. The molecule has 7 heteroatoms. The van der Waals surface area contributed by atoms with E-state index in [9.17, 15) is 13.2 Å². The minimum absolute atomic E-state index is 0.0788. The zero-order valence-electron chi connectivity index (χ0n) is 13.7. The van der Waals surface area contributed by atoms with Crippen molar-refractivity contribution in [2.75, 3.05) is 27.7 Å². The average molecular weight is 377 g/mol. The largest absolute Gasteiger partial charge is 0.326 e. The highest BCUT2D eigenvalue weighted by Gasteiger charge is 2.28. The highest BCUT2D eigenvalue weighted by molar-refractivity contribution is 7.99. The molecule has 2 aromatic rings. The van der Waals surface area contributed by atoms with Crippen molar-refractivity contribution < 1.29 is 13.2 Å². The van der Waals surface area contributed by atoms with Crippen LogP contribution < -0.4 is 9.62 Å². The maximum absolute atomic E-state index is 12.1. The molecule has 1 aliphatic rings. The Morgan fingerprint density at radius 2 is 1.92 bits per heavy atom. The predicted molar refractivity (Wildman–Crippen MR) is 103 cm³/mol. The molecular weight excluding hydrogens is 356 g/mol. The SMILES string of the molecule is O=C(CCSc1ccccc1)Nc1cccc(N2CCCS2(=O)=O)c1. The van der Waals surface area contributed by atoms with E-state index in [0.717, 1.165) is 4.90 Å². The third kappa shape index (κ3) is 4.76. The van der Waals surface area contributed by atoms with E-state index >= 15 is 0 Å². The van der Waals surface area contributed by atoms with Crippen molar-refractivity contribution in [3.63, 3.8) is 0 Å². The topological polar surface area (TPSA) is 66.5 Å². The number of benzene rings is 2. The van der Waals surface area contributed by atoms with E-state index in [-0.39, 0.29) is 11.7 Å². The van der Waals surface area contributed by atoms with E-state index in [1.165, 1.54) is 4.31 Å². The van der Waals surface area contributed by atoms with Gasteiger partial charge in [-0.05, 0) is 36.8 Å². The Morgan fingerprint density at radius 1 is 1.12 bits per heavy atom. The van der Waals surface area contributed by atoms with Gasteiger partial charge in [0.05, 0.1) is 11.4 Å². The maximum Gasteiger partial charge on any atom is 0.235 e. The summed E-state index contributed by atoms with van der Waals surface area (Å²) < 4.78 is 25.4. The van der Waals surface area contributed by atoms with Crippen LogP contribution in [-0.2, 0) is 14.8 Å². The number of carbonyl (C=O) groups is 1. The van der Waals surface area contributed by atoms with Gasteiger partial charge in [-0.25, -0.2) is 8.42 Å². The first-order chi connectivity index (χ1) is 12.0. The van der Waals surface area contributed by atoms with Gasteiger partial charge in [0.25, 0.3) is 0 Å². The van der Waals surface area contributed by atoms with E-state index in [1.807, 2.05) is 30.3 Å². The molecule has 0 aromatic heterocycles. The molecular formula is C18H20N2O3S2. The molecule has 0 atom stereocenters. The molecule has 3 rings (SSSR count). The fraction of sp³-hybridized carbons (Fsp3) is 0.278. The lowest BCUT2D eigenvalue weighted by Crippen LogP contribution is -2.25. The monoisotopic (exact) mass is 376 g/mol. The normalized spacial score (nSPS) is 15.9. The van der Waals surface area contributed by atoms with Crippen LogP contribution in [0.25, 0.3) is 0 Å². The first kappa shape index (κ1) is 17.8. The van der Waals surface area contributed by atoms with Crippen molar-refractivity contribution in [3.8, 4) is 0 Å². The van der Waals surface area contributed by atoms with Crippen molar-refractivity contribution in [3.05, 3.63) is 54.6 Å². The van der Waals surface area contributed by atoms with Crippen LogP contribution in [0, 0.1) is 0 Å². The van der Waals surface area contributed by atoms with Crippen LogP contribution in [0.5, 0.6) is 0 Å². The van der Waals surface area contributed by atoms with E-state index < -0.39 is 10.0 Å². The van der Waals surface area contributed by atoms with Gasteiger partial charge in [-0.15, -0.1) is 11.8 Å². The Bertz CT molecular complexity index is 838. The summed E-state index contributed by atoms with van der Waals surface area (Å²) >= 11 is 1.63. The molecule has 5 nitrogen and oxygen atoms in total. The van der Waals surface area contributed by atoms with E-state index in [0.29, 0.717) is 36.5 Å². The molecule has 0 unspecified atom stereocenters. The van der Waals surface area contributed by atoms with Crippen LogP contribution >= 0.6 is 11.8 Å². The number of anilines is 2. The number of carbonyl (C=O) groups excluding carboxylic acids is 1. The van der Waals surface area contributed by atoms with Gasteiger partial charge >= 0.3 is 0 Å². The van der Waals surface area contributed by atoms with Crippen molar-refractivity contribution in [1.82, 2.24) is 0 Å². The van der Waals surface area contributed by atoms with Crippen LogP contribution in [0.4, 0.5) is 11.4 Å². The van der Waals surface area contributed by atoms with Gasteiger partial charge < -0.3 is 5.32 Å². The smallest absolute Gasteiger partial charge is 0.235 e. The van der Waals surface area contributed by atoms with Crippen LogP contribution in [0.1, 0.15) is 12.8 Å². The molecule has 1 heterocycles. The van der Waals surface area contributed by atoms with Gasteiger partial charge in [-0.2, -0.15) is 0 Å². The highest BCUT2D eigenvalue weighted by atomic mass is 32.2. The Morgan fingerprint density at radius 3 is 2.64 bits per heavy atom. The van der Waals surface area contributed by atoms with E-state index in [2.05, 4.69) is 5.32 Å². The molecule has 1 fully saturated rings. The lowest BCUT2D eigenvalue weighted by molar-refractivity contribution is -0.115. The lowest BCUT2D eigenvalue weighted by atomic mass is 10.2. The summed E-state index contributed by atoms with van der Waals surface area (Å²) in [4.78, 5) is 13.2. The maximum atomic E-state index is 12.1. The molecule has 2 aromatic carbocycles. The highest BCUT2D eigenvalue weighted by Crippen LogP contribution is 2.26. The number of hydrogen-bond donors (Lipinski definition) is 1. The minimum Gasteiger partial charge on any atom is -0.326 e.